The van der Waals surface area contributed by atoms with E-state index in [0.29, 0.717) is 31.8 Å². The second-order valence-electron chi connectivity index (χ2n) is 6.34. The van der Waals surface area contributed by atoms with E-state index in [0.717, 1.165) is 23.8 Å². The van der Waals surface area contributed by atoms with Crippen molar-refractivity contribution in [3.63, 3.8) is 0 Å². The summed E-state index contributed by atoms with van der Waals surface area (Å²) in [6, 6.07) is 15.5. The second-order valence-corrected chi connectivity index (χ2v) is 6.34. The summed E-state index contributed by atoms with van der Waals surface area (Å²) in [7, 11) is 0. The van der Waals surface area contributed by atoms with Crippen LogP contribution in [0.4, 0.5) is 0 Å². The smallest absolute Gasteiger partial charge is 0.251 e. The highest BCUT2D eigenvalue weighted by molar-refractivity contribution is 5.94. The zero-order chi connectivity index (χ0) is 20.2. The number of benzene rings is 2. The number of carbonyl (C=O) groups excluding carboxylic acids is 1. The van der Waals surface area contributed by atoms with Crippen LogP contribution in [-0.2, 0) is 6.54 Å². The number of aryl methyl sites for hydroxylation is 1. The van der Waals surface area contributed by atoms with E-state index in [2.05, 4.69) is 27.9 Å². The largest absolute Gasteiger partial charge is 0.492 e. The highest BCUT2D eigenvalue weighted by Crippen LogP contribution is 2.10. The normalized spacial score (nSPS) is 11.0. The second kappa shape index (κ2) is 11.6. The maximum absolute atomic E-state index is 11.8. The Kier molecular flexibility index (Phi) is 8.85. The van der Waals surface area contributed by atoms with Crippen molar-refractivity contribution in [3.05, 3.63) is 65.2 Å². The maximum Gasteiger partial charge on any atom is 0.251 e. The van der Waals surface area contributed by atoms with Gasteiger partial charge in [-0.3, -0.25) is 4.79 Å². The first-order chi connectivity index (χ1) is 13.6. The van der Waals surface area contributed by atoms with Crippen molar-refractivity contribution in [2.75, 3.05) is 26.2 Å². The molecule has 150 valence electrons. The molecule has 0 aromatic heterocycles. The molecule has 0 aliphatic heterocycles. The number of hydrogen-bond donors (Lipinski definition) is 3. The van der Waals surface area contributed by atoms with Gasteiger partial charge in [0.15, 0.2) is 5.96 Å². The molecule has 0 fully saturated rings. The van der Waals surface area contributed by atoms with Crippen LogP contribution in [0.3, 0.4) is 0 Å². The third-order valence-electron chi connectivity index (χ3n) is 4.00. The van der Waals surface area contributed by atoms with Crippen molar-refractivity contribution in [3.8, 4) is 5.75 Å². The predicted molar refractivity (Wildman–Crippen MR) is 114 cm³/mol. The molecule has 0 aliphatic rings. The van der Waals surface area contributed by atoms with Gasteiger partial charge in [0, 0.05) is 18.7 Å². The van der Waals surface area contributed by atoms with E-state index in [-0.39, 0.29) is 5.91 Å². The fraction of sp³-hybridized carbons (Fsp3) is 0.364. The third kappa shape index (κ3) is 7.31. The molecule has 0 saturated carbocycles. The number of hydrogen-bond acceptors (Lipinski definition) is 3. The van der Waals surface area contributed by atoms with E-state index < -0.39 is 0 Å². The topological polar surface area (TPSA) is 74.8 Å². The van der Waals surface area contributed by atoms with E-state index in [1.807, 2.05) is 62.4 Å². The maximum atomic E-state index is 11.8. The van der Waals surface area contributed by atoms with Gasteiger partial charge in [-0.05, 0) is 50.6 Å². The van der Waals surface area contributed by atoms with Gasteiger partial charge in [0.2, 0.25) is 0 Å². The number of guanidine groups is 1. The van der Waals surface area contributed by atoms with Crippen LogP contribution in [0.25, 0.3) is 0 Å². The van der Waals surface area contributed by atoms with Gasteiger partial charge in [-0.2, -0.15) is 0 Å². The molecule has 0 radical (unpaired) electrons. The molecule has 2 aromatic carbocycles. The molecule has 2 rings (SSSR count). The Hall–Kier alpha value is -3.02. The first-order valence-corrected chi connectivity index (χ1v) is 9.71. The molecule has 3 N–H and O–H groups in total. The van der Waals surface area contributed by atoms with Crippen LogP contribution in [0.1, 0.15) is 35.3 Å². The van der Waals surface area contributed by atoms with Crippen molar-refractivity contribution < 1.29 is 9.53 Å². The summed E-state index contributed by atoms with van der Waals surface area (Å²) in [5, 5.41) is 9.29. The van der Waals surface area contributed by atoms with Crippen LogP contribution in [0.5, 0.6) is 5.75 Å². The summed E-state index contributed by atoms with van der Waals surface area (Å²) in [6.45, 7) is 9.12. The van der Waals surface area contributed by atoms with Crippen LogP contribution in [0.15, 0.2) is 53.5 Å². The summed E-state index contributed by atoms with van der Waals surface area (Å²) in [5.41, 5.74) is 2.92. The lowest BCUT2D eigenvalue weighted by Gasteiger charge is -2.12. The molecule has 6 nitrogen and oxygen atoms in total. The zero-order valence-electron chi connectivity index (χ0n) is 16.9. The lowest BCUT2D eigenvalue weighted by Crippen LogP contribution is -2.39. The number of nitrogens with zero attached hydrogens (tertiary/aromatic N) is 1. The van der Waals surface area contributed by atoms with Crippen molar-refractivity contribution in [1.29, 1.82) is 0 Å². The summed E-state index contributed by atoms with van der Waals surface area (Å²) < 4.78 is 5.72. The number of aliphatic imine (C=N–C) groups is 1. The van der Waals surface area contributed by atoms with E-state index >= 15 is 0 Å². The third-order valence-corrected chi connectivity index (χ3v) is 4.00. The predicted octanol–water partition coefficient (Wildman–Crippen LogP) is 2.88. The van der Waals surface area contributed by atoms with Gasteiger partial charge in [-0.25, -0.2) is 4.99 Å². The molecule has 0 bridgehead atoms. The molecule has 2 aromatic rings. The molecule has 28 heavy (non-hydrogen) atoms. The van der Waals surface area contributed by atoms with E-state index in [9.17, 15) is 4.79 Å². The van der Waals surface area contributed by atoms with Crippen LogP contribution in [-0.4, -0.2) is 38.1 Å². The Morgan fingerprint density at radius 3 is 2.25 bits per heavy atom. The molecule has 0 saturated heterocycles. The van der Waals surface area contributed by atoms with Crippen molar-refractivity contribution in [2.24, 2.45) is 4.99 Å². The minimum Gasteiger partial charge on any atom is -0.492 e. The van der Waals surface area contributed by atoms with Gasteiger partial charge < -0.3 is 20.7 Å². The molecule has 6 heteroatoms. The summed E-state index contributed by atoms with van der Waals surface area (Å²) in [6.07, 6.45) is 0. The van der Waals surface area contributed by atoms with Crippen molar-refractivity contribution in [1.82, 2.24) is 16.0 Å². The molecule has 0 spiro atoms. The highest BCUT2D eigenvalue weighted by atomic mass is 16.5. The molecule has 1 amide bonds. The zero-order valence-corrected chi connectivity index (χ0v) is 16.9. The Morgan fingerprint density at radius 2 is 1.61 bits per heavy atom. The average molecular weight is 383 g/mol. The van der Waals surface area contributed by atoms with Gasteiger partial charge in [0.1, 0.15) is 12.4 Å². The number of rotatable bonds is 9. The van der Waals surface area contributed by atoms with Crippen LogP contribution in [0.2, 0.25) is 0 Å². The monoisotopic (exact) mass is 382 g/mol. The number of carbonyl (C=O) groups is 1. The van der Waals surface area contributed by atoms with Gasteiger partial charge in [0.05, 0.1) is 13.1 Å². The molecule has 0 atom stereocenters. The van der Waals surface area contributed by atoms with E-state index in [4.69, 9.17) is 4.74 Å². The summed E-state index contributed by atoms with van der Waals surface area (Å²) >= 11 is 0. The van der Waals surface area contributed by atoms with Crippen LogP contribution >= 0.6 is 0 Å². The van der Waals surface area contributed by atoms with Crippen molar-refractivity contribution >= 4 is 11.9 Å². The van der Waals surface area contributed by atoms with Crippen LogP contribution in [0, 0.1) is 6.92 Å². The molecule has 0 aliphatic carbocycles. The van der Waals surface area contributed by atoms with E-state index in [1.54, 1.807) is 0 Å². The quantitative estimate of drug-likeness (QED) is 0.354. The molecule has 0 heterocycles. The minimum atomic E-state index is -0.0545. The molecular formula is C22H30N4O2. The lowest BCUT2D eigenvalue weighted by molar-refractivity contribution is 0.0956. The Balaban J connectivity index is 1.82. The summed E-state index contributed by atoms with van der Waals surface area (Å²) in [5.74, 6) is 1.55. The van der Waals surface area contributed by atoms with Crippen LogP contribution < -0.4 is 20.7 Å². The minimum absolute atomic E-state index is 0.0545. The first kappa shape index (κ1) is 21.3. The number of nitrogens with one attached hydrogen (secondary N) is 3. The van der Waals surface area contributed by atoms with Gasteiger partial charge in [-0.1, -0.05) is 29.8 Å². The van der Waals surface area contributed by atoms with E-state index in [1.165, 1.54) is 5.56 Å². The highest BCUT2D eigenvalue weighted by Gasteiger charge is 2.04. The fourth-order valence-corrected chi connectivity index (χ4v) is 2.51. The van der Waals surface area contributed by atoms with Gasteiger partial charge in [0.25, 0.3) is 5.91 Å². The summed E-state index contributed by atoms with van der Waals surface area (Å²) in [4.78, 5) is 16.4. The van der Waals surface area contributed by atoms with Crippen molar-refractivity contribution in [2.45, 2.75) is 27.3 Å². The standard InChI is InChI=1S/C22H30N4O2/c1-4-23-21(27)19-10-8-18(9-11-19)16-26-22(24-5-2)25-14-15-28-20-12-6-17(3)7-13-20/h6-13H,4-5,14-16H2,1-3H3,(H,23,27)(H2,24,25,26). The van der Waals surface area contributed by atoms with Gasteiger partial charge in [-0.15, -0.1) is 0 Å². The number of amides is 1. The molecular weight excluding hydrogens is 352 g/mol. The first-order valence-electron chi connectivity index (χ1n) is 9.71. The Labute approximate surface area is 167 Å². The fourth-order valence-electron chi connectivity index (χ4n) is 2.51. The SMILES string of the molecule is CCNC(=O)c1ccc(CN=C(NCC)NCCOc2ccc(C)cc2)cc1. The van der Waals surface area contributed by atoms with Gasteiger partial charge >= 0.3 is 0 Å². The lowest BCUT2D eigenvalue weighted by atomic mass is 10.1. The number of ether oxygens (including phenoxy) is 1. The molecule has 0 unspecified atom stereocenters. The average Bonchev–Trinajstić information content (AvgIpc) is 2.71. The Morgan fingerprint density at radius 1 is 0.929 bits per heavy atom. The Bertz CT molecular complexity index is 755.